The van der Waals surface area contributed by atoms with Crippen molar-refractivity contribution in [2.45, 2.75) is 3.42 Å². The van der Waals surface area contributed by atoms with Crippen LogP contribution in [0.5, 0.6) is 0 Å². The number of benzene rings is 1. The Hall–Kier alpha value is 0.307. The number of rotatable bonds is 1. The van der Waals surface area contributed by atoms with Crippen molar-refractivity contribution in [3.63, 3.8) is 0 Å². The van der Waals surface area contributed by atoms with Crippen LogP contribution in [0.25, 0.3) is 0 Å². The minimum Gasteiger partial charge on any atom is -0.0886 e. The summed E-state index contributed by atoms with van der Waals surface area (Å²) in [5, 5.41) is 1.17. The molecule has 0 saturated carbocycles. The third-order valence-electron chi connectivity index (χ3n) is 1.25. The van der Waals surface area contributed by atoms with Gasteiger partial charge in [-0.05, 0) is 0 Å². The molecule has 0 fully saturated rings. The Morgan fingerprint density at radius 3 is 2.00 bits per heavy atom. The van der Waals surface area contributed by atoms with Gasteiger partial charge >= 0.3 is 0 Å². The lowest BCUT2D eigenvalue weighted by atomic mass is 10.4. The molecular weight excluding hydrogens is 219 g/mol. The molecule has 0 saturated heterocycles. The molecule has 0 aromatic heterocycles. The largest absolute Gasteiger partial charge is 0.174 e. The predicted molar refractivity (Wildman–Crippen MR) is 54.9 cm³/mol. The van der Waals surface area contributed by atoms with Crippen molar-refractivity contribution in [2.24, 2.45) is 0 Å². The lowest BCUT2D eigenvalue weighted by Gasteiger charge is -2.08. The van der Waals surface area contributed by atoms with Crippen LogP contribution in [0, 0.1) is 0 Å². The summed E-state index contributed by atoms with van der Waals surface area (Å²) in [6.07, 6.45) is 0. The molecule has 11 heavy (non-hydrogen) atoms. The van der Waals surface area contributed by atoms with E-state index in [1.165, 1.54) is 5.19 Å². The molecular formula is C7H7Cl3Si. The topological polar surface area (TPSA) is 0 Å². The van der Waals surface area contributed by atoms with Crippen LogP contribution in [-0.4, -0.2) is 12.9 Å². The van der Waals surface area contributed by atoms with Crippen LogP contribution in [0.1, 0.15) is 0 Å². The fourth-order valence-corrected chi connectivity index (χ4v) is 3.19. The van der Waals surface area contributed by atoms with Gasteiger partial charge in [0.2, 0.25) is 0 Å². The van der Waals surface area contributed by atoms with E-state index >= 15 is 0 Å². The van der Waals surface area contributed by atoms with Crippen LogP contribution in [0.4, 0.5) is 0 Å². The second-order valence-corrected chi connectivity index (χ2v) is 8.37. The highest BCUT2D eigenvalue weighted by atomic mass is 35.6. The second-order valence-electron chi connectivity index (χ2n) is 2.28. The van der Waals surface area contributed by atoms with Gasteiger partial charge in [0.25, 0.3) is 0 Å². The van der Waals surface area contributed by atoms with Crippen LogP contribution in [0.3, 0.4) is 0 Å². The fourth-order valence-electron chi connectivity index (χ4n) is 0.827. The molecule has 1 aromatic carbocycles. The summed E-state index contributed by atoms with van der Waals surface area (Å²) in [5.41, 5.74) is 0. The summed E-state index contributed by atoms with van der Waals surface area (Å²) < 4.78 is -1.04. The average molecular weight is 226 g/mol. The SMILES string of the molecule is ClC(Cl)(Cl)[SiH2]c1ccccc1. The highest BCUT2D eigenvalue weighted by Crippen LogP contribution is 2.23. The first-order chi connectivity index (χ1) is 5.08. The van der Waals surface area contributed by atoms with Gasteiger partial charge in [-0.25, -0.2) is 0 Å². The minimum atomic E-state index is -1.04. The van der Waals surface area contributed by atoms with Crippen molar-refractivity contribution >= 4 is 49.5 Å². The Balaban J connectivity index is 2.66. The van der Waals surface area contributed by atoms with Gasteiger partial charge in [-0.2, -0.15) is 0 Å². The average Bonchev–Trinajstić information content (AvgIpc) is 1.85. The van der Waals surface area contributed by atoms with Gasteiger partial charge in [0, 0.05) is 0 Å². The molecule has 0 N–H and O–H groups in total. The predicted octanol–water partition coefficient (Wildman–Crippen LogP) is 1.81. The summed E-state index contributed by atoms with van der Waals surface area (Å²) in [5.74, 6) is 0. The molecule has 0 spiro atoms. The second kappa shape index (κ2) is 3.81. The summed E-state index contributed by atoms with van der Waals surface area (Å²) in [6, 6.07) is 9.86. The first kappa shape index (κ1) is 9.40. The van der Waals surface area contributed by atoms with Gasteiger partial charge in [0.15, 0.2) is 3.42 Å². The zero-order valence-electron chi connectivity index (χ0n) is 5.73. The summed E-state index contributed by atoms with van der Waals surface area (Å²) in [7, 11) is -0.777. The normalized spacial score (nSPS) is 12.6. The van der Waals surface area contributed by atoms with Gasteiger partial charge < -0.3 is 0 Å². The number of hydrogen-bond acceptors (Lipinski definition) is 0. The molecule has 4 heteroatoms. The molecule has 0 radical (unpaired) electrons. The van der Waals surface area contributed by atoms with E-state index in [4.69, 9.17) is 34.8 Å². The maximum Gasteiger partial charge on any atom is 0.174 e. The Morgan fingerprint density at radius 2 is 1.55 bits per heavy atom. The fraction of sp³-hybridized carbons (Fsp3) is 0.143. The Kier molecular flexibility index (Phi) is 3.25. The van der Waals surface area contributed by atoms with Crippen LogP contribution in [0.2, 0.25) is 0 Å². The molecule has 0 unspecified atom stereocenters. The lowest BCUT2D eigenvalue weighted by molar-refractivity contribution is 1.68. The van der Waals surface area contributed by atoms with E-state index < -0.39 is 12.9 Å². The van der Waals surface area contributed by atoms with Crippen LogP contribution >= 0.6 is 34.8 Å². The first-order valence-corrected chi connectivity index (χ1v) is 5.73. The van der Waals surface area contributed by atoms with E-state index in [-0.39, 0.29) is 0 Å². The van der Waals surface area contributed by atoms with Crippen molar-refractivity contribution in [3.05, 3.63) is 30.3 Å². The van der Waals surface area contributed by atoms with Crippen molar-refractivity contribution in [2.75, 3.05) is 0 Å². The summed E-state index contributed by atoms with van der Waals surface area (Å²) in [6.45, 7) is 0. The monoisotopic (exact) mass is 224 g/mol. The van der Waals surface area contributed by atoms with Gasteiger partial charge in [0.05, 0.1) is 0 Å². The lowest BCUT2D eigenvalue weighted by Crippen LogP contribution is -2.26. The summed E-state index contributed by atoms with van der Waals surface area (Å²) in [4.78, 5) is 0. The first-order valence-electron chi connectivity index (χ1n) is 3.18. The molecule has 0 aliphatic rings. The Morgan fingerprint density at radius 1 is 1.00 bits per heavy atom. The van der Waals surface area contributed by atoms with E-state index in [0.717, 1.165) is 0 Å². The van der Waals surface area contributed by atoms with Crippen LogP contribution < -0.4 is 5.19 Å². The zero-order chi connectivity index (χ0) is 8.32. The maximum atomic E-state index is 5.66. The molecule has 0 amide bonds. The van der Waals surface area contributed by atoms with Crippen molar-refractivity contribution in [1.82, 2.24) is 0 Å². The standard InChI is InChI=1S/C7H7Cl3Si/c8-7(9,10)11-6-4-2-1-3-5-6/h1-5H,11H2. The molecule has 1 aromatic rings. The highest BCUT2D eigenvalue weighted by Gasteiger charge is 2.20. The summed E-state index contributed by atoms with van der Waals surface area (Å²) >= 11 is 17.0. The van der Waals surface area contributed by atoms with Crippen molar-refractivity contribution in [3.8, 4) is 0 Å². The Labute approximate surface area is 83.3 Å². The van der Waals surface area contributed by atoms with E-state index in [1.807, 2.05) is 30.3 Å². The molecule has 0 aliphatic heterocycles. The molecule has 60 valence electrons. The quantitative estimate of drug-likeness (QED) is 0.505. The van der Waals surface area contributed by atoms with E-state index in [1.54, 1.807) is 0 Å². The molecule has 0 nitrogen and oxygen atoms in total. The minimum absolute atomic E-state index is 0.777. The number of hydrogen-bond donors (Lipinski definition) is 0. The molecule has 0 heterocycles. The molecule has 0 bridgehead atoms. The smallest absolute Gasteiger partial charge is 0.0886 e. The van der Waals surface area contributed by atoms with Crippen LogP contribution in [-0.2, 0) is 0 Å². The van der Waals surface area contributed by atoms with E-state index in [0.29, 0.717) is 0 Å². The molecule has 1 rings (SSSR count). The molecule has 0 aliphatic carbocycles. The third kappa shape index (κ3) is 4.02. The number of alkyl halides is 3. The van der Waals surface area contributed by atoms with E-state index in [9.17, 15) is 0 Å². The van der Waals surface area contributed by atoms with Gasteiger partial charge in [-0.3, -0.25) is 0 Å². The van der Waals surface area contributed by atoms with Crippen molar-refractivity contribution < 1.29 is 0 Å². The van der Waals surface area contributed by atoms with Gasteiger partial charge in [0.1, 0.15) is 9.52 Å². The van der Waals surface area contributed by atoms with Gasteiger partial charge in [-0.15, -0.1) is 0 Å². The van der Waals surface area contributed by atoms with Crippen molar-refractivity contribution in [1.29, 1.82) is 0 Å². The van der Waals surface area contributed by atoms with Crippen LogP contribution in [0.15, 0.2) is 30.3 Å². The molecule has 0 atom stereocenters. The van der Waals surface area contributed by atoms with E-state index in [2.05, 4.69) is 0 Å². The number of halogens is 3. The third-order valence-corrected chi connectivity index (χ3v) is 3.73. The van der Waals surface area contributed by atoms with Gasteiger partial charge in [-0.1, -0.05) is 70.3 Å². The highest BCUT2D eigenvalue weighted by molar-refractivity contribution is 6.91. The maximum absolute atomic E-state index is 5.66. The Bertz CT molecular complexity index is 217. The zero-order valence-corrected chi connectivity index (χ0v) is 9.41.